The van der Waals surface area contributed by atoms with Crippen molar-refractivity contribution in [3.05, 3.63) is 40.9 Å². The molecule has 3 aromatic rings. The number of nitrogens with one attached hydrogen (secondary N) is 1. The molecule has 0 spiro atoms. The number of thiazole rings is 1. The Morgan fingerprint density at radius 2 is 1.88 bits per heavy atom. The van der Waals surface area contributed by atoms with Gasteiger partial charge in [-0.15, -0.1) is 11.3 Å². The number of nitrogens with zero attached hydrogens (tertiary/aromatic N) is 6. The van der Waals surface area contributed by atoms with Gasteiger partial charge in [-0.1, -0.05) is 19.1 Å². The first-order valence-corrected chi connectivity index (χ1v) is 12.8. The van der Waals surface area contributed by atoms with Gasteiger partial charge in [-0.25, -0.2) is 4.98 Å². The number of hydrogen-bond donors (Lipinski definition) is 1. The third-order valence-corrected chi connectivity index (χ3v) is 6.99. The SMILES string of the molecule is CCCC(=O)Cc1ccc(Sc2nc(Nc3ncc(C)s3)nc(N3CCN(C)CC3)n2)cc1. The highest BCUT2D eigenvalue weighted by Gasteiger charge is 2.19. The second-order valence-corrected chi connectivity index (χ2v) is 10.4. The summed E-state index contributed by atoms with van der Waals surface area (Å²) in [6.07, 6.45) is 3.83. The zero-order chi connectivity index (χ0) is 23.2. The zero-order valence-corrected chi connectivity index (χ0v) is 20.9. The fourth-order valence-corrected chi connectivity index (χ4v) is 4.88. The molecule has 0 amide bonds. The Morgan fingerprint density at radius 3 is 2.55 bits per heavy atom. The average Bonchev–Trinajstić information content (AvgIpc) is 3.20. The highest BCUT2D eigenvalue weighted by atomic mass is 32.2. The van der Waals surface area contributed by atoms with Crippen LogP contribution in [0.25, 0.3) is 0 Å². The lowest BCUT2D eigenvalue weighted by molar-refractivity contribution is -0.118. The summed E-state index contributed by atoms with van der Waals surface area (Å²) in [5.74, 6) is 1.45. The quantitative estimate of drug-likeness (QED) is 0.481. The Morgan fingerprint density at radius 1 is 1.12 bits per heavy atom. The monoisotopic (exact) mass is 483 g/mol. The van der Waals surface area contributed by atoms with E-state index in [2.05, 4.69) is 37.1 Å². The summed E-state index contributed by atoms with van der Waals surface area (Å²) in [5.41, 5.74) is 1.04. The molecule has 0 saturated carbocycles. The Bertz CT molecular complexity index is 1080. The Balaban J connectivity index is 1.53. The smallest absolute Gasteiger partial charge is 0.234 e. The fraction of sp³-hybridized carbons (Fsp3) is 0.435. The molecule has 1 fully saturated rings. The molecule has 0 aliphatic carbocycles. The van der Waals surface area contributed by atoms with Crippen LogP contribution in [-0.4, -0.2) is 63.8 Å². The van der Waals surface area contributed by atoms with Gasteiger partial charge >= 0.3 is 0 Å². The van der Waals surface area contributed by atoms with Gasteiger partial charge in [-0.3, -0.25) is 10.1 Å². The van der Waals surface area contributed by atoms with Crippen LogP contribution in [0.3, 0.4) is 0 Å². The average molecular weight is 484 g/mol. The number of likely N-dealkylation sites (N-methyl/N-ethyl adjacent to an activating group) is 1. The normalized spacial score (nSPS) is 14.5. The first kappa shape index (κ1) is 23.6. The molecule has 10 heteroatoms. The lowest BCUT2D eigenvalue weighted by Crippen LogP contribution is -2.45. The van der Waals surface area contributed by atoms with Gasteiger partial charge in [-0.05, 0) is 49.9 Å². The molecule has 174 valence electrons. The van der Waals surface area contributed by atoms with Crippen LogP contribution >= 0.6 is 23.1 Å². The highest BCUT2D eigenvalue weighted by Crippen LogP contribution is 2.29. The minimum Gasteiger partial charge on any atom is -0.338 e. The molecule has 1 aliphatic rings. The lowest BCUT2D eigenvalue weighted by atomic mass is 10.1. The second kappa shape index (κ2) is 11.0. The van der Waals surface area contributed by atoms with Gasteiger partial charge in [0.2, 0.25) is 11.9 Å². The number of anilines is 3. The van der Waals surface area contributed by atoms with Crippen molar-refractivity contribution in [3.8, 4) is 0 Å². The topological polar surface area (TPSA) is 87.1 Å². The van der Waals surface area contributed by atoms with Crippen LogP contribution in [0.4, 0.5) is 17.0 Å². The number of carbonyl (C=O) groups is 1. The maximum atomic E-state index is 11.9. The Kier molecular flexibility index (Phi) is 7.89. The first-order chi connectivity index (χ1) is 16.0. The predicted molar refractivity (Wildman–Crippen MR) is 134 cm³/mol. The summed E-state index contributed by atoms with van der Waals surface area (Å²) >= 11 is 3.06. The molecule has 0 unspecified atom stereocenters. The number of rotatable bonds is 9. The molecule has 2 aromatic heterocycles. The van der Waals surface area contributed by atoms with Crippen molar-refractivity contribution in [1.29, 1.82) is 0 Å². The minimum absolute atomic E-state index is 0.278. The van der Waals surface area contributed by atoms with E-state index in [-0.39, 0.29) is 5.78 Å². The maximum absolute atomic E-state index is 11.9. The van der Waals surface area contributed by atoms with Crippen molar-refractivity contribution in [2.24, 2.45) is 0 Å². The van der Waals surface area contributed by atoms with E-state index in [9.17, 15) is 4.79 Å². The molecule has 33 heavy (non-hydrogen) atoms. The van der Waals surface area contributed by atoms with Crippen molar-refractivity contribution in [2.75, 3.05) is 43.4 Å². The van der Waals surface area contributed by atoms with Crippen LogP contribution in [0.1, 0.15) is 30.2 Å². The van der Waals surface area contributed by atoms with Crippen molar-refractivity contribution >= 4 is 45.9 Å². The number of piperazine rings is 1. The summed E-state index contributed by atoms with van der Waals surface area (Å²) in [5, 5.41) is 4.63. The molecule has 0 atom stereocenters. The molecular formula is C23H29N7OS2. The molecule has 1 aromatic carbocycles. The highest BCUT2D eigenvalue weighted by molar-refractivity contribution is 7.99. The Hall–Kier alpha value is -2.56. The molecule has 1 aliphatic heterocycles. The molecule has 4 rings (SSSR count). The number of carbonyl (C=O) groups excluding carboxylic acids is 1. The van der Waals surface area contributed by atoms with Gasteiger partial charge < -0.3 is 9.80 Å². The zero-order valence-electron chi connectivity index (χ0n) is 19.2. The van der Waals surface area contributed by atoms with Crippen LogP contribution in [0, 0.1) is 6.92 Å². The molecule has 3 heterocycles. The van der Waals surface area contributed by atoms with E-state index in [4.69, 9.17) is 4.98 Å². The number of hydrogen-bond acceptors (Lipinski definition) is 10. The summed E-state index contributed by atoms with van der Waals surface area (Å²) in [4.78, 5) is 37.0. The molecule has 8 nitrogen and oxygen atoms in total. The summed E-state index contributed by atoms with van der Waals surface area (Å²) in [6.45, 7) is 7.75. The van der Waals surface area contributed by atoms with Crippen LogP contribution in [0.15, 0.2) is 40.5 Å². The maximum Gasteiger partial charge on any atom is 0.234 e. The number of ketones is 1. The summed E-state index contributed by atoms with van der Waals surface area (Å²) in [7, 11) is 2.13. The number of Topliss-reactive ketones (excluding diaryl/α,β-unsaturated/α-hetero) is 1. The van der Waals surface area contributed by atoms with Crippen LogP contribution < -0.4 is 10.2 Å². The molecule has 0 bridgehead atoms. The van der Waals surface area contributed by atoms with Crippen LogP contribution in [0.2, 0.25) is 0 Å². The van der Waals surface area contributed by atoms with Crippen molar-refractivity contribution in [2.45, 2.75) is 43.2 Å². The first-order valence-electron chi connectivity index (χ1n) is 11.2. The van der Waals surface area contributed by atoms with E-state index >= 15 is 0 Å². The fourth-order valence-electron chi connectivity index (χ4n) is 3.48. The van der Waals surface area contributed by atoms with Crippen LogP contribution in [0.5, 0.6) is 0 Å². The number of benzene rings is 1. The van der Waals surface area contributed by atoms with E-state index in [1.54, 1.807) is 11.3 Å². The van der Waals surface area contributed by atoms with E-state index in [0.717, 1.165) is 53.1 Å². The standard InChI is InChI=1S/C23H29N7OS2/c1-4-5-18(31)14-17-6-8-19(9-7-17)33-23-27-20(26-22-24-15-16(2)32-22)25-21(28-23)30-12-10-29(3)11-13-30/h6-9,15H,4-5,10-14H2,1-3H3,(H,24,25,26,27,28). The van der Waals surface area contributed by atoms with Gasteiger partial charge in [-0.2, -0.15) is 15.0 Å². The number of aromatic nitrogens is 4. The van der Waals surface area contributed by atoms with Gasteiger partial charge in [0.15, 0.2) is 10.3 Å². The van der Waals surface area contributed by atoms with E-state index in [1.807, 2.05) is 44.3 Å². The summed E-state index contributed by atoms with van der Waals surface area (Å²) in [6, 6.07) is 8.07. The van der Waals surface area contributed by atoms with E-state index < -0.39 is 0 Å². The molecular weight excluding hydrogens is 454 g/mol. The minimum atomic E-state index is 0.278. The van der Waals surface area contributed by atoms with Gasteiger partial charge in [0.1, 0.15) is 5.78 Å². The third kappa shape index (κ3) is 6.72. The number of aryl methyl sites for hydroxylation is 1. The third-order valence-electron chi connectivity index (χ3n) is 5.29. The van der Waals surface area contributed by atoms with Crippen molar-refractivity contribution < 1.29 is 4.79 Å². The van der Waals surface area contributed by atoms with Gasteiger partial charge in [0, 0.05) is 55.0 Å². The molecule has 1 N–H and O–H groups in total. The van der Waals surface area contributed by atoms with Gasteiger partial charge in [0.05, 0.1) is 0 Å². The molecule has 1 saturated heterocycles. The lowest BCUT2D eigenvalue weighted by Gasteiger charge is -2.32. The second-order valence-electron chi connectivity index (χ2n) is 8.14. The molecule has 0 radical (unpaired) electrons. The van der Waals surface area contributed by atoms with Gasteiger partial charge in [0.25, 0.3) is 0 Å². The summed E-state index contributed by atoms with van der Waals surface area (Å²) < 4.78 is 0. The van der Waals surface area contributed by atoms with Crippen LogP contribution in [-0.2, 0) is 11.2 Å². The predicted octanol–water partition coefficient (Wildman–Crippen LogP) is 4.19. The Labute approximate surface area is 202 Å². The van der Waals surface area contributed by atoms with Crippen molar-refractivity contribution in [1.82, 2.24) is 24.8 Å². The van der Waals surface area contributed by atoms with Crippen molar-refractivity contribution in [3.63, 3.8) is 0 Å². The largest absolute Gasteiger partial charge is 0.338 e. The van der Waals surface area contributed by atoms with E-state index in [0.29, 0.717) is 29.9 Å². The van der Waals surface area contributed by atoms with E-state index in [1.165, 1.54) is 11.8 Å².